The van der Waals surface area contributed by atoms with Crippen molar-refractivity contribution in [3.63, 3.8) is 0 Å². The fraction of sp³-hybridized carbons (Fsp3) is 0.440. The van der Waals surface area contributed by atoms with Crippen molar-refractivity contribution in [3.8, 4) is 0 Å². The maximum Gasteiger partial charge on any atom is 0.242 e. The number of rotatable bonds is 12. The lowest BCUT2D eigenvalue weighted by Gasteiger charge is -2.29. The molecule has 0 saturated heterocycles. The zero-order chi connectivity index (χ0) is 25.3. The number of sulfonamides is 1. The van der Waals surface area contributed by atoms with E-state index in [9.17, 15) is 22.4 Å². The van der Waals surface area contributed by atoms with Gasteiger partial charge in [0, 0.05) is 26.1 Å². The summed E-state index contributed by atoms with van der Waals surface area (Å²) in [7, 11) is -3.54. The first-order valence-corrected chi connectivity index (χ1v) is 13.3. The fourth-order valence-electron chi connectivity index (χ4n) is 3.59. The number of hydrogen-bond donors (Lipinski definition) is 1. The van der Waals surface area contributed by atoms with E-state index in [1.54, 1.807) is 38.1 Å². The van der Waals surface area contributed by atoms with Crippen molar-refractivity contribution in [2.24, 2.45) is 0 Å². The summed E-state index contributed by atoms with van der Waals surface area (Å²) >= 11 is 0. The minimum atomic E-state index is -3.54. The first kappa shape index (κ1) is 27.3. The Labute approximate surface area is 202 Å². The molecule has 186 valence electrons. The van der Waals surface area contributed by atoms with Gasteiger partial charge in [0.15, 0.2) is 0 Å². The molecule has 1 atom stereocenters. The maximum absolute atomic E-state index is 13.3. The van der Waals surface area contributed by atoms with Gasteiger partial charge in [0.2, 0.25) is 21.8 Å². The van der Waals surface area contributed by atoms with Crippen LogP contribution in [0.15, 0.2) is 48.5 Å². The third kappa shape index (κ3) is 7.83. The van der Waals surface area contributed by atoms with Crippen LogP contribution in [0.2, 0.25) is 0 Å². The number of carbonyl (C=O) groups is 2. The van der Waals surface area contributed by atoms with Crippen LogP contribution < -0.4 is 9.62 Å². The summed E-state index contributed by atoms with van der Waals surface area (Å²) in [5, 5.41) is 2.72. The topological polar surface area (TPSA) is 86.8 Å². The quantitative estimate of drug-likeness (QED) is 0.492. The van der Waals surface area contributed by atoms with E-state index in [2.05, 4.69) is 5.32 Å². The van der Waals surface area contributed by atoms with Gasteiger partial charge in [-0.3, -0.25) is 13.9 Å². The molecule has 7 nitrogen and oxygen atoms in total. The molecule has 2 aromatic carbocycles. The third-order valence-corrected chi connectivity index (χ3v) is 6.76. The second-order valence-electron chi connectivity index (χ2n) is 8.18. The maximum atomic E-state index is 13.3. The monoisotopic (exact) mass is 491 g/mol. The molecule has 0 aliphatic rings. The van der Waals surface area contributed by atoms with E-state index in [0.717, 1.165) is 18.2 Å². The predicted octanol–water partition coefficient (Wildman–Crippen LogP) is 3.49. The van der Waals surface area contributed by atoms with E-state index >= 15 is 0 Å². The molecule has 2 amide bonds. The summed E-state index contributed by atoms with van der Waals surface area (Å²) in [5.74, 6) is -0.948. The number of likely N-dealkylation sites (N-methyl/N-ethyl adjacent to an activating group) is 1. The molecule has 0 spiro atoms. The summed E-state index contributed by atoms with van der Waals surface area (Å²) in [6, 6.07) is 12.3. The van der Waals surface area contributed by atoms with Crippen molar-refractivity contribution < 1.29 is 22.4 Å². The van der Waals surface area contributed by atoms with Crippen molar-refractivity contribution in [3.05, 3.63) is 65.5 Å². The molecule has 0 heterocycles. The van der Waals surface area contributed by atoms with E-state index in [1.165, 1.54) is 21.3 Å². The Morgan fingerprint density at radius 3 is 2.12 bits per heavy atom. The van der Waals surface area contributed by atoms with Gasteiger partial charge in [0.1, 0.15) is 11.9 Å². The molecule has 1 N–H and O–H groups in total. The molecule has 0 aliphatic heterocycles. The molecule has 0 bridgehead atoms. The van der Waals surface area contributed by atoms with Gasteiger partial charge < -0.3 is 10.2 Å². The number of benzene rings is 2. The van der Waals surface area contributed by atoms with Crippen LogP contribution in [0.25, 0.3) is 0 Å². The summed E-state index contributed by atoms with van der Waals surface area (Å²) < 4.78 is 39.3. The highest BCUT2D eigenvalue weighted by Crippen LogP contribution is 2.20. The van der Waals surface area contributed by atoms with Gasteiger partial charge in [-0.15, -0.1) is 0 Å². The summed E-state index contributed by atoms with van der Waals surface area (Å²) in [6.07, 6.45) is 2.33. The van der Waals surface area contributed by atoms with E-state index in [0.29, 0.717) is 17.8 Å². The number of nitrogens with zero attached hydrogens (tertiary/aromatic N) is 2. The molecule has 0 aromatic heterocycles. The predicted molar refractivity (Wildman–Crippen MR) is 132 cm³/mol. The smallest absolute Gasteiger partial charge is 0.242 e. The zero-order valence-corrected chi connectivity index (χ0v) is 21.1. The molecular weight excluding hydrogens is 457 g/mol. The minimum Gasteiger partial charge on any atom is -0.355 e. The van der Waals surface area contributed by atoms with Crippen LogP contribution in [0.1, 0.15) is 44.7 Å². The molecule has 2 rings (SSSR count). The van der Waals surface area contributed by atoms with Gasteiger partial charge in [-0.1, -0.05) is 31.2 Å². The zero-order valence-electron chi connectivity index (χ0n) is 20.3. The van der Waals surface area contributed by atoms with Crippen LogP contribution in [0.5, 0.6) is 0 Å². The van der Waals surface area contributed by atoms with Crippen molar-refractivity contribution >= 4 is 27.5 Å². The number of nitrogens with one attached hydrogen (secondary N) is 1. The normalized spacial score (nSPS) is 12.1. The van der Waals surface area contributed by atoms with Gasteiger partial charge in [0.25, 0.3) is 0 Å². The standard InChI is InChI=1S/C25H34FN3O4S/c1-5-20-11-15-23(16-12-20)29(34(4,32)33)17-7-8-24(30)28(19(3)25(31)27-6-2)18-21-9-13-22(26)14-10-21/h9-16,19H,5-8,17-18H2,1-4H3,(H,27,31)/t19-/m0/s1. The molecule has 0 unspecified atom stereocenters. The minimum absolute atomic E-state index is 0.0595. The summed E-state index contributed by atoms with van der Waals surface area (Å²) in [5.41, 5.74) is 2.34. The SMILES string of the molecule is CCNC(=O)[C@H](C)N(Cc1ccc(F)cc1)C(=O)CCCN(c1ccc(CC)cc1)S(C)(=O)=O. The Hall–Kier alpha value is -2.94. The highest BCUT2D eigenvalue weighted by Gasteiger charge is 2.26. The van der Waals surface area contributed by atoms with Crippen molar-refractivity contribution in [2.45, 2.75) is 52.6 Å². The van der Waals surface area contributed by atoms with Crippen molar-refractivity contribution in [1.82, 2.24) is 10.2 Å². The highest BCUT2D eigenvalue weighted by molar-refractivity contribution is 7.92. The molecule has 0 fully saturated rings. The van der Waals surface area contributed by atoms with Crippen LogP contribution in [-0.2, 0) is 32.6 Å². The fourth-order valence-corrected chi connectivity index (χ4v) is 4.56. The molecule has 2 aromatic rings. The van der Waals surface area contributed by atoms with Gasteiger partial charge in [-0.25, -0.2) is 12.8 Å². The largest absolute Gasteiger partial charge is 0.355 e. The lowest BCUT2D eigenvalue weighted by atomic mass is 10.1. The average molecular weight is 492 g/mol. The summed E-state index contributed by atoms with van der Waals surface area (Å²) in [4.78, 5) is 27.0. The first-order valence-electron chi connectivity index (χ1n) is 11.4. The molecule has 0 radical (unpaired) electrons. The number of halogens is 1. The number of anilines is 1. The van der Waals surface area contributed by atoms with Gasteiger partial charge in [-0.2, -0.15) is 0 Å². The highest BCUT2D eigenvalue weighted by atomic mass is 32.2. The molecule has 9 heteroatoms. The Kier molecular flexibility index (Phi) is 10.0. The second kappa shape index (κ2) is 12.5. The Balaban J connectivity index is 2.13. The van der Waals surface area contributed by atoms with Gasteiger partial charge in [0.05, 0.1) is 11.9 Å². The molecule has 0 aliphatic carbocycles. The summed E-state index contributed by atoms with van der Waals surface area (Å²) in [6.45, 7) is 6.17. The number of hydrogen-bond acceptors (Lipinski definition) is 4. The molecular formula is C25H34FN3O4S. The van der Waals surface area contributed by atoms with Crippen molar-refractivity contribution in [2.75, 3.05) is 23.7 Å². The molecule has 0 saturated carbocycles. The van der Waals surface area contributed by atoms with E-state index in [1.807, 2.05) is 19.1 Å². The van der Waals surface area contributed by atoms with E-state index in [-0.39, 0.29) is 43.6 Å². The Morgan fingerprint density at radius 2 is 1.59 bits per heavy atom. The average Bonchev–Trinajstić information content (AvgIpc) is 2.80. The van der Waals surface area contributed by atoms with Crippen molar-refractivity contribution in [1.29, 1.82) is 0 Å². The van der Waals surface area contributed by atoms with E-state index in [4.69, 9.17) is 0 Å². The number of carbonyl (C=O) groups excluding carboxylic acids is 2. The first-order chi connectivity index (χ1) is 16.1. The van der Waals surface area contributed by atoms with Crippen LogP contribution >= 0.6 is 0 Å². The lowest BCUT2D eigenvalue weighted by Crippen LogP contribution is -2.47. The van der Waals surface area contributed by atoms with Crippen LogP contribution in [0.4, 0.5) is 10.1 Å². The van der Waals surface area contributed by atoms with Crippen LogP contribution in [0.3, 0.4) is 0 Å². The Morgan fingerprint density at radius 1 is 1.00 bits per heavy atom. The second-order valence-corrected chi connectivity index (χ2v) is 10.1. The van der Waals surface area contributed by atoms with Gasteiger partial charge >= 0.3 is 0 Å². The molecule has 34 heavy (non-hydrogen) atoms. The van der Waals surface area contributed by atoms with Crippen LogP contribution in [-0.4, -0.2) is 50.5 Å². The lowest BCUT2D eigenvalue weighted by molar-refractivity contribution is -0.140. The van der Waals surface area contributed by atoms with Crippen LogP contribution in [0, 0.1) is 5.82 Å². The number of amides is 2. The van der Waals surface area contributed by atoms with E-state index < -0.39 is 16.1 Å². The third-order valence-electron chi connectivity index (χ3n) is 5.57. The number of aryl methyl sites for hydroxylation is 1. The Bertz CT molecular complexity index is 1060. The van der Waals surface area contributed by atoms with Gasteiger partial charge in [-0.05, 0) is 62.1 Å².